The molecule has 0 aliphatic rings. The Labute approximate surface area is 136 Å². The molecule has 0 aliphatic carbocycles. The molecule has 0 unspecified atom stereocenters. The summed E-state index contributed by atoms with van der Waals surface area (Å²) < 4.78 is 0. The number of carbonyl (C=O) groups is 1. The Morgan fingerprint density at radius 3 is 1.91 bits per heavy atom. The number of para-hydroxylation sites is 1. The molecule has 3 rings (SSSR count). The monoisotopic (exact) mass is 302 g/mol. The van der Waals surface area contributed by atoms with Crippen LogP contribution in [0.25, 0.3) is 11.1 Å². The molecule has 23 heavy (non-hydrogen) atoms. The highest BCUT2D eigenvalue weighted by molar-refractivity contribution is 5.80. The molecular weight excluding hydrogens is 284 g/mol. The zero-order valence-electron chi connectivity index (χ0n) is 12.7. The van der Waals surface area contributed by atoms with Crippen LogP contribution in [0.1, 0.15) is 5.56 Å². The van der Waals surface area contributed by atoms with Gasteiger partial charge in [0.15, 0.2) is 0 Å². The van der Waals surface area contributed by atoms with Gasteiger partial charge >= 0.3 is 0 Å². The predicted molar refractivity (Wildman–Crippen MR) is 93.8 cm³/mol. The van der Waals surface area contributed by atoms with Crippen LogP contribution >= 0.6 is 0 Å². The van der Waals surface area contributed by atoms with E-state index >= 15 is 0 Å². The first kappa shape index (κ1) is 14.9. The summed E-state index contributed by atoms with van der Waals surface area (Å²) in [5.41, 5.74) is 9.78. The number of anilines is 1. The van der Waals surface area contributed by atoms with Crippen LogP contribution in [-0.4, -0.2) is 5.91 Å². The minimum atomic E-state index is -0.0682. The van der Waals surface area contributed by atoms with Gasteiger partial charge in [-0.1, -0.05) is 72.8 Å². The molecular formula is C20H18N2O. The van der Waals surface area contributed by atoms with E-state index in [-0.39, 0.29) is 5.91 Å². The number of rotatable bonds is 5. The van der Waals surface area contributed by atoms with Crippen molar-refractivity contribution >= 4 is 11.6 Å². The molecule has 0 atom stereocenters. The molecule has 0 aliphatic heterocycles. The van der Waals surface area contributed by atoms with Crippen LogP contribution in [0.5, 0.6) is 0 Å². The zero-order valence-corrected chi connectivity index (χ0v) is 12.7. The number of benzene rings is 3. The van der Waals surface area contributed by atoms with Crippen molar-refractivity contribution < 1.29 is 4.79 Å². The molecule has 0 aromatic heterocycles. The molecule has 2 N–H and O–H groups in total. The van der Waals surface area contributed by atoms with Crippen LogP contribution in [0.15, 0.2) is 84.9 Å². The summed E-state index contributed by atoms with van der Waals surface area (Å²) in [4.78, 5) is 12.0. The highest BCUT2D eigenvalue weighted by Crippen LogP contribution is 2.19. The van der Waals surface area contributed by atoms with Gasteiger partial charge in [0.2, 0.25) is 5.91 Å². The molecule has 0 bridgehead atoms. The minimum absolute atomic E-state index is 0.0682. The molecule has 3 aromatic rings. The van der Waals surface area contributed by atoms with Crippen molar-refractivity contribution in [2.45, 2.75) is 6.42 Å². The van der Waals surface area contributed by atoms with Crippen LogP contribution < -0.4 is 10.9 Å². The second-order valence-corrected chi connectivity index (χ2v) is 5.28. The number of hydrogen-bond donors (Lipinski definition) is 2. The van der Waals surface area contributed by atoms with Gasteiger partial charge in [-0.25, -0.2) is 0 Å². The van der Waals surface area contributed by atoms with E-state index in [2.05, 4.69) is 23.0 Å². The van der Waals surface area contributed by atoms with Crippen molar-refractivity contribution in [3.8, 4) is 11.1 Å². The Hall–Kier alpha value is -3.07. The maximum absolute atomic E-state index is 12.0. The topological polar surface area (TPSA) is 41.1 Å². The van der Waals surface area contributed by atoms with Gasteiger partial charge in [-0.05, 0) is 28.8 Å². The Morgan fingerprint density at radius 2 is 1.26 bits per heavy atom. The number of hydrazine groups is 1. The average molecular weight is 302 g/mol. The lowest BCUT2D eigenvalue weighted by Crippen LogP contribution is -2.30. The van der Waals surface area contributed by atoms with Crippen molar-refractivity contribution in [2.24, 2.45) is 0 Å². The van der Waals surface area contributed by atoms with Crippen molar-refractivity contribution in [2.75, 3.05) is 5.43 Å². The quantitative estimate of drug-likeness (QED) is 0.698. The first-order valence-electron chi connectivity index (χ1n) is 7.55. The van der Waals surface area contributed by atoms with E-state index in [0.29, 0.717) is 6.42 Å². The molecule has 3 nitrogen and oxygen atoms in total. The summed E-state index contributed by atoms with van der Waals surface area (Å²) in [6, 6.07) is 27.8. The zero-order chi connectivity index (χ0) is 15.9. The number of nitrogens with one attached hydrogen (secondary N) is 2. The van der Waals surface area contributed by atoms with Crippen LogP contribution in [0, 0.1) is 0 Å². The lowest BCUT2D eigenvalue weighted by atomic mass is 10.0. The van der Waals surface area contributed by atoms with E-state index in [1.807, 2.05) is 72.8 Å². The summed E-state index contributed by atoms with van der Waals surface area (Å²) in [5, 5.41) is 0. The van der Waals surface area contributed by atoms with E-state index in [4.69, 9.17) is 0 Å². The normalized spacial score (nSPS) is 10.1. The van der Waals surface area contributed by atoms with Crippen molar-refractivity contribution in [3.05, 3.63) is 90.5 Å². The fourth-order valence-corrected chi connectivity index (χ4v) is 2.34. The van der Waals surface area contributed by atoms with Gasteiger partial charge in [-0.15, -0.1) is 0 Å². The molecule has 114 valence electrons. The van der Waals surface area contributed by atoms with Crippen molar-refractivity contribution in [1.82, 2.24) is 5.43 Å². The van der Waals surface area contributed by atoms with Gasteiger partial charge in [0.1, 0.15) is 0 Å². The lowest BCUT2D eigenvalue weighted by Gasteiger charge is -2.09. The Bertz CT molecular complexity index is 753. The van der Waals surface area contributed by atoms with E-state index in [1.54, 1.807) is 0 Å². The molecule has 0 saturated carbocycles. The molecule has 0 spiro atoms. The third-order valence-corrected chi connectivity index (χ3v) is 3.55. The molecule has 0 fully saturated rings. The fraction of sp³-hybridized carbons (Fsp3) is 0.0500. The second-order valence-electron chi connectivity index (χ2n) is 5.28. The number of amides is 1. The number of hydrogen-bond acceptors (Lipinski definition) is 2. The summed E-state index contributed by atoms with van der Waals surface area (Å²) >= 11 is 0. The van der Waals surface area contributed by atoms with Gasteiger partial charge < -0.3 is 0 Å². The fourth-order valence-electron chi connectivity index (χ4n) is 2.34. The molecule has 0 radical (unpaired) electrons. The van der Waals surface area contributed by atoms with Gasteiger partial charge in [0.05, 0.1) is 12.1 Å². The summed E-state index contributed by atoms with van der Waals surface area (Å²) in [5.74, 6) is -0.0682. The van der Waals surface area contributed by atoms with E-state index in [0.717, 1.165) is 16.8 Å². The van der Waals surface area contributed by atoms with Crippen LogP contribution in [-0.2, 0) is 11.2 Å². The van der Waals surface area contributed by atoms with E-state index < -0.39 is 0 Å². The lowest BCUT2D eigenvalue weighted by molar-refractivity contribution is -0.119. The Morgan fingerprint density at radius 1 is 0.696 bits per heavy atom. The van der Waals surface area contributed by atoms with Gasteiger partial charge in [-0.3, -0.25) is 15.6 Å². The molecule has 3 aromatic carbocycles. The molecule has 0 saturated heterocycles. The highest BCUT2D eigenvalue weighted by Gasteiger charge is 2.04. The first-order chi connectivity index (χ1) is 11.3. The maximum Gasteiger partial charge on any atom is 0.242 e. The largest absolute Gasteiger partial charge is 0.299 e. The van der Waals surface area contributed by atoms with Crippen molar-refractivity contribution in [1.29, 1.82) is 0 Å². The molecule has 1 amide bonds. The van der Waals surface area contributed by atoms with Crippen LogP contribution in [0.4, 0.5) is 5.69 Å². The van der Waals surface area contributed by atoms with E-state index in [9.17, 15) is 4.79 Å². The Balaban J connectivity index is 1.57. The summed E-state index contributed by atoms with van der Waals surface area (Å²) in [6.07, 6.45) is 0.342. The first-order valence-corrected chi connectivity index (χ1v) is 7.55. The van der Waals surface area contributed by atoms with Gasteiger partial charge in [-0.2, -0.15) is 0 Å². The maximum atomic E-state index is 12.0. The molecule has 0 heterocycles. The summed E-state index contributed by atoms with van der Waals surface area (Å²) in [6.45, 7) is 0. The summed E-state index contributed by atoms with van der Waals surface area (Å²) in [7, 11) is 0. The minimum Gasteiger partial charge on any atom is -0.299 e. The van der Waals surface area contributed by atoms with Gasteiger partial charge in [0, 0.05) is 0 Å². The predicted octanol–water partition coefficient (Wildman–Crippen LogP) is 4.04. The third kappa shape index (κ3) is 4.20. The highest BCUT2D eigenvalue weighted by atomic mass is 16.2. The Kier molecular flexibility index (Phi) is 4.69. The third-order valence-electron chi connectivity index (χ3n) is 3.55. The van der Waals surface area contributed by atoms with Gasteiger partial charge in [0.25, 0.3) is 0 Å². The van der Waals surface area contributed by atoms with Crippen LogP contribution in [0.3, 0.4) is 0 Å². The van der Waals surface area contributed by atoms with E-state index in [1.165, 1.54) is 5.56 Å². The second kappa shape index (κ2) is 7.27. The van der Waals surface area contributed by atoms with Crippen LogP contribution in [0.2, 0.25) is 0 Å². The molecule has 3 heteroatoms. The average Bonchev–Trinajstić information content (AvgIpc) is 2.62. The standard InChI is InChI=1S/C20H18N2O/c23-20(22-21-19-9-5-2-6-10-19)15-16-11-13-18(14-12-16)17-7-3-1-4-8-17/h1-14,21H,15H2,(H,22,23). The smallest absolute Gasteiger partial charge is 0.242 e. The number of carbonyl (C=O) groups excluding carboxylic acids is 1. The van der Waals surface area contributed by atoms with Crippen molar-refractivity contribution in [3.63, 3.8) is 0 Å². The SMILES string of the molecule is O=C(Cc1ccc(-c2ccccc2)cc1)NNc1ccccc1.